The zero-order chi connectivity index (χ0) is 22.2. The zero-order valence-electron chi connectivity index (χ0n) is 19.4. The number of benzene rings is 3. The molecule has 1 aliphatic rings. The van der Waals surface area contributed by atoms with Crippen molar-refractivity contribution in [2.75, 3.05) is 6.54 Å². The highest BCUT2D eigenvalue weighted by molar-refractivity contribution is 5.29. The average Bonchev–Trinajstić information content (AvgIpc) is 2.84. The van der Waals surface area contributed by atoms with Crippen molar-refractivity contribution in [2.24, 2.45) is 0 Å². The Hall–Kier alpha value is -2.62. The molecule has 0 N–H and O–H groups in total. The Morgan fingerprint density at radius 1 is 0.875 bits per heavy atom. The summed E-state index contributed by atoms with van der Waals surface area (Å²) in [6.45, 7) is 5.93. The molecule has 0 aromatic heterocycles. The summed E-state index contributed by atoms with van der Waals surface area (Å²) in [5.41, 5.74) is 5.09. The van der Waals surface area contributed by atoms with Crippen LogP contribution in [-0.2, 0) is 17.9 Å². The minimum atomic E-state index is 0.0665. The lowest BCUT2D eigenvalue weighted by atomic mass is 9.97. The van der Waals surface area contributed by atoms with Crippen molar-refractivity contribution in [3.8, 4) is 5.75 Å². The molecule has 0 bridgehead atoms. The summed E-state index contributed by atoms with van der Waals surface area (Å²) in [6.07, 6.45) is 5.72. The standard InChI is InChI=1S/C29H35NO2/c1-3-29(26-16-18-28(19-17-26)31-22-25-9-5-4-6-10-25)32-30-20-8-7-11-27(30)21-24-14-12-23(2)13-15-24/h4-6,9-10,12-19,27,29H,3,7-8,11,20-22H2,1-2H3. The smallest absolute Gasteiger partial charge is 0.119 e. The fraction of sp³-hybridized carbons (Fsp3) is 0.379. The molecule has 168 valence electrons. The number of ether oxygens (including phenoxy) is 1. The van der Waals surface area contributed by atoms with Crippen LogP contribution in [0.5, 0.6) is 5.75 Å². The van der Waals surface area contributed by atoms with Crippen LogP contribution in [0.2, 0.25) is 0 Å². The third-order valence-electron chi connectivity index (χ3n) is 6.30. The van der Waals surface area contributed by atoms with Crippen molar-refractivity contribution in [1.82, 2.24) is 5.06 Å². The Labute approximate surface area is 192 Å². The first-order chi connectivity index (χ1) is 15.7. The van der Waals surface area contributed by atoms with Gasteiger partial charge in [-0.3, -0.25) is 4.84 Å². The van der Waals surface area contributed by atoms with Gasteiger partial charge >= 0.3 is 0 Å². The van der Waals surface area contributed by atoms with Crippen molar-refractivity contribution in [3.05, 3.63) is 101 Å². The minimum Gasteiger partial charge on any atom is -0.489 e. The maximum absolute atomic E-state index is 6.60. The van der Waals surface area contributed by atoms with E-state index in [-0.39, 0.29) is 6.10 Å². The molecule has 0 radical (unpaired) electrons. The van der Waals surface area contributed by atoms with Gasteiger partial charge in [0.25, 0.3) is 0 Å². The maximum Gasteiger partial charge on any atom is 0.119 e. The lowest BCUT2D eigenvalue weighted by Gasteiger charge is -2.37. The van der Waals surface area contributed by atoms with Crippen LogP contribution in [0.4, 0.5) is 0 Å². The quantitative estimate of drug-likeness (QED) is 0.364. The van der Waals surface area contributed by atoms with Crippen LogP contribution in [0.25, 0.3) is 0 Å². The Bertz CT molecular complexity index is 937. The molecule has 32 heavy (non-hydrogen) atoms. The highest BCUT2D eigenvalue weighted by atomic mass is 16.7. The van der Waals surface area contributed by atoms with Crippen molar-refractivity contribution >= 4 is 0 Å². The van der Waals surface area contributed by atoms with Crippen molar-refractivity contribution in [2.45, 2.75) is 64.7 Å². The predicted molar refractivity (Wildman–Crippen MR) is 131 cm³/mol. The molecule has 0 amide bonds. The second-order valence-corrected chi connectivity index (χ2v) is 8.83. The first-order valence-electron chi connectivity index (χ1n) is 12.0. The fourth-order valence-electron chi connectivity index (χ4n) is 4.37. The normalized spacial score (nSPS) is 17.8. The molecular formula is C29H35NO2. The third kappa shape index (κ3) is 6.21. The molecule has 4 rings (SSSR count). The van der Waals surface area contributed by atoms with E-state index in [1.54, 1.807) is 0 Å². The lowest BCUT2D eigenvalue weighted by Crippen LogP contribution is -2.41. The van der Waals surface area contributed by atoms with Gasteiger partial charge in [-0.1, -0.05) is 85.6 Å². The van der Waals surface area contributed by atoms with E-state index in [0.717, 1.165) is 25.1 Å². The number of nitrogens with zero attached hydrogens (tertiary/aromatic N) is 1. The highest BCUT2D eigenvalue weighted by Gasteiger charge is 2.26. The van der Waals surface area contributed by atoms with Crippen LogP contribution in [0, 0.1) is 6.92 Å². The number of hydrogen-bond acceptors (Lipinski definition) is 3. The number of rotatable bonds is 9. The molecule has 1 fully saturated rings. The van der Waals surface area contributed by atoms with E-state index in [1.165, 1.54) is 41.5 Å². The Kier molecular flexibility index (Phi) is 7.97. The topological polar surface area (TPSA) is 21.7 Å². The average molecular weight is 430 g/mol. The van der Waals surface area contributed by atoms with Crippen LogP contribution < -0.4 is 4.74 Å². The van der Waals surface area contributed by atoms with Crippen LogP contribution in [-0.4, -0.2) is 17.6 Å². The van der Waals surface area contributed by atoms with E-state index < -0.39 is 0 Å². The highest BCUT2D eigenvalue weighted by Crippen LogP contribution is 2.29. The summed E-state index contributed by atoms with van der Waals surface area (Å²) >= 11 is 0. The van der Waals surface area contributed by atoms with Gasteiger partial charge in [0, 0.05) is 12.6 Å². The van der Waals surface area contributed by atoms with E-state index in [0.29, 0.717) is 12.6 Å². The second kappa shape index (κ2) is 11.3. The number of piperidine rings is 1. The zero-order valence-corrected chi connectivity index (χ0v) is 19.4. The number of hydroxylamine groups is 2. The van der Waals surface area contributed by atoms with Crippen molar-refractivity contribution < 1.29 is 9.57 Å². The molecule has 1 saturated heterocycles. The molecule has 1 aliphatic heterocycles. The Balaban J connectivity index is 1.37. The van der Waals surface area contributed by atoms with E-state index in [4.69, 9.17) is 9.57 Å². The van der Waals surface area contributed by atoms with Gasteiger partial charge in [0.2, 0.25) is 0 Å². The maximum atomic E-state index is 6.60. The molecule has 3 aromatic carbocycles. The van der Waals surface area contributed by atoms with Gasteiger partial charge in [-0.15, -0.1) is 0 Å². The summed E-state index contributed by atoms with van der Waals surface area (Å²) in [5.74, 6) is 0.891. The van der Waals surface area contributed by atoms with Gasteiger partial charge in [-0.25, -0.2) is 0 Å². The Morgan fingerprint density at radius 2 is 1.62 bits per heavy atom. The minimum absolute atomic E-state index is 0.0665. The van der Waals surface area contributed by atoms with Crippen LogP contribution >= 0.6 is 0 Å². The first kappa shape index (κ1) is 22.6. The SMILES string of the molecule is CCC(ON1CCCCC1Cc1ccc(C)cc1)c1ccc(OCc2ccccc2)cc1. The molecule has 3 nitrogen and oxygen atoms in total. The molecule has 0 saturated carbocycles. The van der Waals surface area contributed by atoms with Gasteiger partial charge in [0.15, 0.2) is 0 Å². The van der Waals surface area contributed by atoms with Gasteiger partial charge in [-0.05, 0) is 61.4 Å². The van der Waals surface area contributed by atoms with Crippen molar-refractivity contribution in [3.63, 3.8) is 0 Å². The summed E-state index contributed by atoms with van der Waals surface area (Å²) < 4.78 is 5.95. The van der Waals surface area contributed by atoms with Gasteiger partial charge in [-0.2, -0.15) is 5.06 Å². The largest absolute Gasteiger partial charge is 0.489 e. The molecule has 0 aliphatic carbocycles. The summed E-state index contributed by atoms with van der Waals surface area (Å²) in [7, 11) is 0. The summed E-state index contributed by atoms with van der Waals surface area (Å²) in [6, 6.07) is 28.1. The number of aryl methyl sites for hydroxylation is 1. The van der Waals surface area contributed by atoms with Gasteiger partial charge in [0.1, 0.15) is 18.5 Å². The molecule has 3 heteroatoms. The first-order valence-corrected chi connectivity index (χ1v) is 12.0. The van der Waals surface area contributed by atoms with Crippen LogP contribution in [0.1, 0.15) is 61.0 Å². The molecule has 1 heterocycles. The molecular weight excluding hydrogens is 394 g/mol. The molecule has 2 atom stereocenters. The second-order valence-electron chi connectivity index (χ2n) is 8.83. The van der Waals surface area contributed by atoms with Gasteiger partial charge in [0.05, 0.1) is 0 Å². The summed E-state index contributed by atoms with van der Waals surface area (Å²) in [4.78, 5) is 6.60. The van der Waals surface area contributed by atoms with Crippen LogP contribution in [0.3, 0.4) is 0 Å². The predicted octanol–water partition coefficient (Wildman–Crippen LogP) is 7.05. The van der Waals surface area contributed by atoms with E-state index in [9.17, 15) is 0 Å². The molecule has 3 aromatic rings. The molecule has 2 unspecified atom stereocenters. The van der Waals surface area contributed by atoms with Crippen LogP contribution in [0.15, 0.2) is 78.9 Å². The van der Waals surface area contributed by atoms with E-state index in [1.807, 2.05) is 18.2 Å². The fourth-order valence-corrected chi connectivity index (χ4v) is 4.37. The molecule has 0 spiro atoms. The Morgan fingerprint density at radius 3 is 2.34 bits per heavy atom. The monoisotopic (exact) mass is 429 g/mol. The van der Waals surface area contributed by atoms with Gasteiger partial charge < -0.3 is 4.74 Å². The lowest BCUT2D eigenvalue weighted by molar-refractivity contribution is -0.234. The van der Waals surface area contributed by atoms with E-state index >= 15 is 0 Å². The van der Waals surface area contributed by atoms with Crippen molar-refractivity contribution in [1.29, 1.82) is 0 Å². The van der Waals surface area contributed by atoms with E-state index in [2.05, 4.69) is 79.6 Å². The number of hydrogen-bond donors (Lipinski definition) is 0. The summed E-state index contributed by atoms with van der Waals surface area (Å²) in [5, 5.41) is 2.26. The third-order valence-corrected chi connectivity index (χ3v) is 6.30.